The third kappa shape index (κ3) is 4.08. The summed E-state index contributed by atoms with van der Waals surface area (Å²) in [6.45, 7) is 6.39. The van der Waals surface area contributed by atoms with Crippen LogP contribution in [0.5, 0.6) is 0 Å². The predicted octanol–water partition coefficient (Wildman–Crippen LogP) is 3.53. The molecule has 0 bridgehead atoms. The smallest absolute Gasteiger partial charge is 0.251 e. The lowest BCUT2D eigenvalue weighted by Crippen LogP contribution is -2.37. The zero-order valence-electron chi connectivity index (χ0n) is 10.7. The first-order valence-corrected chi connectivity index (χ1v) is 6.63. The summed E-state index contributed by atoms with van der Waals surface area (Å²) in [6.07, 6.45) is 2.18. The van der Waals surface area contributed by atoms with E-state index in [1.54, 1.807) is 6.07 Å². The van der Waals surface area contributed by atoms with Gasteiger partial charge in [-0.25, -0.2) is 0 Å². The zero-order valence-corrected chi connectivity index (χ0v) is 11.6. The number of thiol groups is 1. The molecular weight excluding hydrogens is 230 g/mol. The summed E-state index contributed by atoms with van der Waals surface area (Å²) < 4.78 is 0. The van der Waals surface area contributed by atoms with E-state index in [0.29, 0.717) is 11.5 Å². The van der Waals surface area contributed by atoms with Gasteiger partial charge in [0.1, 0.15) is 0 Å². The van der Waals surface area contributed by atoms with E-state index in [2.05, 4.69) is 38.7 Å². The second-order valence-electron chi connectivity index (χ2n) is 4.39. The largest absolute Gasteiger partial charge is 0.349 e. The lowest BCUT2D eigenvalue weighted by molar-refractivity contribution is 0.0925. The fourth-order valence-corrected chi connectivity index (χ4v) is 2.28. The molecule has 94 valence electrons. The predicted molar refractivity (Wildman–Crippen MR) is 74.7 cm³/mol. The van der Waals surface area contributed by atoms with Crippen molar-refractivity contribution < 1.29 is 4.79 Å². The number of carbonyl (C=O) groups excluding carboxylic acids is 1. The number of amides is 1. The SMILES string of the molecule is CCC(CC)C(C)NC(=O)c1cccc(S)c1. The molecule has 1 unspecified atom stereocenters. The number of carbonyl (C=O) groups is 1. The maximum atomic E-state index is 12.0. The van der Waals surface area contributed by atoms with Gasteiger partial charge in [-0.2, -0.15) is 0 Å². The minimum Gasteiger partial charge on any atom is -0.349 e. The molecule has 0 aliphatic rings. The van der Waals surface area contributed by atoms with E-state index >= 15 is 0 Å². The maximum absolute atomic E-state index is 12.0. The Morgan fingerprint density at radius 2 is 2.00 bits per heavy atom. The monoisotopic (exact) mass is 251 g/mol. The first-order chi connectivity index (χ1) is 8.08. The molecule has 0 saturated carbocycles. The Morgan fingerprint density at radius 1 is 1.35 bits per heavy atom. The minimum atomic E-state index is -0.0136. The van der Waals surface area contributed by atoms with Crippen molar-refractivity contribution in [3.8, 4) is 0 Å². The summed E-state index contributed by atoms with van der Waals surface area (Å²) in [6, 6.07) is 7.52. The highest BCUT2D eigenvalue weighted by molar-refractivity contribution is 7.80. The average Bonchev–Trinajstić information content (AvgIpc) is 2.30. The van der Waals surface area contributed by atoms with Crippen LogP contribution < -0.4 is 5.32 Å². The van der Waals surface area contributed by atoms with E-state index in [9.17, 15) is 4.79 Å². The Bertz CT molecular complexity index is 374. The number of hydrogen-bond acceptors (Lipinski definition) is 2. The van der Waals surface area contributed by atoms with Crippen LogP contribution in [0, 0.1) is 5.92 Å². The van der Waals surface area contributed by atoms with E-state index < -0.39 is 0 Å². The van der Waals surface area contributed by atoms with Crippen LogP contribution in [0.1, 0.15) is 44.0 Å². The Balaban J connectivity index is 2.66. The van der Waals surface area contributed by atoms with Gasteiger partial charge in [0.25, 0.3) is 5.91 Å². The second-order valence-corrected chi connectivity index (χ2v) is 4.91. The quantitative estimate of drug-likeness (QED) is 0.770. The highest BCUT2D eigenvalue weighted by atomic mass is 32.1. The summed E-state index contributed by atoms with van der Waals surface area (Å²) in [5.74, 6) is 0.526. The molecule has 0 aliphatic carbocycles. The van der Waals surface area contributed by atoms with Gasteiger partial charge >= 0.3 is 0 Å². The van der Waals surface area contributed by atoms with Crippen LogP contribution in [0.3, 0.4) is 0 Å². The topological polar surface area (TPSA) is 29.1 Å². The molecule has 0 aliphatic heterocycles. The van der Waals surface area contributed by atoms with Crippen LogP contribution in [0.2, 0.25) is 0 Å². The molecule has 0 radical (unpaired) electrons. The summed E-state index contributed by atoms with van der Waals surface area (Å²) in [7, 11) is 0. The molecule has 1 rings (SSSR count). The normalized spacial score (nSPS) is 12.5. The Kier molecular flexibility index (Phi) is 5.56. The standard InChI is InChI=1S/C14H21NOS/c1-4-11(5-2)10(3)15-14(16)12-7-6-8-13(17)9-12/h6-11,17H,4-5H2,1-3H3,(H,15,16). The molecule has 17 heavy (non-hydrogen) atoms. The second kappa shape index (κ2) is 6.70. The number of rotatable bonds is 5. The third-order valence-electron chi connectivity index (χ3n) is 3.22. The fraction of sp³-hybridized carbons (Fsp3) is 0.500. The zero-order chi connectivity index (χ0) is 12.8. The molecular formula is C14H21NOS. The van der Waals surface area contributed by atoms with E-state index in [1.807, 2.05) is 18.2 Å². The van der Waals surface area contributed by atoms with Gasteiger partial charge in [-0.1, -0.05) is 32.8 Å². The Morgan fingerprint density at radius 3 is 2.53 bits per heavy atom. The summed E-state index contributed by atoms with van der Waals surface area (Å²) in [5, 5.41) is 3.05. The molecule has 0 saturated heterocycles. The van der Waals surface area contributed by atoms with Gasteiger partial charge in [0.05, 0.1) is 0 Å². The van der Waals surface area contributed by atoms with Crippen molar-refractivity contribution in [3.05, 3.63) is 29.8 Å². The average molecular weight is 251 g/mol. The van der Waals surface area contributed by atoms with Gasteiger partial charge in [0.2, 0.25) is 0 Å². The van der Waals surface area contributed by atoms with Crippen LogP contribution in [-0.4, -0.2) is 11.9 Å². The van der Waals surface area contributed by atoms with Gasteiger partial charge < -0.3 is 5.32 Å². The van der Waals surface area contributed by atoms with Gasteiger partial charge in [0, 0.05) is 16.5 Å². The van der Waals surface area contributed by atoms with Crippen molar-refractivity contribution in [1.29, 1.82) is 0 Å². The summed E-state index contributed by atoms with van der Waals surface area (Å²) in [4.78, 5) is 12.8. The molecule has 1 aromatic carbocycles. The van der Waals surface area contributed by atoms with Crippen LogP contribution in [0.25, 0.3) is 0 Å². The summed E-state index contributed by atoms with van der Waals surface area (Å²) >= 11 is 4.24. The van der Waals surface area contributed by atoms with Gasteiger partial charge in [-0.15, -0.1) is 12.6 Å². The Labute approximate surface area is 109 Å². The van der Waals surface area contributed by atoms with Crippen LogP contribution in [0.15, 0.2) is 29.2 Å². The van der Waals surface area contributed by atoms with Crippen molar-refractivity contribution >= 4 is 18.5 Å². The number of nitrogens with one attached hydrogen (secondary N) is 1. The molecule has 0 spiro atoms. The molecule has 0 fully saturated rings. The van der Waals surface area contributed by atoms with Crippen molar-refractivity contribution in [2.24, 2.45) is 5.92 Å². The van der Waals surface area contributed by atoms with E-state index in [4.69, 9.17) is 0 Å². The van der Waals surface area contributed by atoms with Crippen molar-refractivity contribution in [3.63, 3.8) is 0 Å². The third-order valence-corrected chi connectivity index (χ3v) is 3.50. The minimum absolute atomic E-state index is 0.0136. The first-order valence-electron chi connectivity index (χ1n) is 6.18. The van der Waals surface area contributed by atoms with Crippen LogP contribution in [0.4, 0.5) is 0 Å². The molecule has 1 amide bonds. The van der Waals surface area contributed by atoms with E-state index in [0.717, 1.165) is 17.7 Å². The van der Waals surface area contributed by atoms with E-state index in [1.165, 1.54) is 0 Å². The van der Waals surface area contributed by atoms with Crippen LogP contribution in [-0.2, 0) is 0 Å². The molecule has 0 heterocycles. The molecule has 3 heteroatoms. The lowest BCUT2D eigenvalue weighted by Gasteiger charge is -2.22. The van der Waals surface area contributed by atoms with Gasteiger partial charge in [-0.05, 0) is 31.0 Å². The van der Waals surface area contributed by atoms with Crippen molar-refractivity contribution in [1.82, 2.24) is 5.32 Å². The van der Waals surface area contributed by atoms with Gasteiger partial charge in [0.15, 0.2) is 0 Å². The van der Waals surface area contributed by atoms with Gasteiger partial charge in [-0.3, -0.25) is 4.79 Å². The fourth-order valence-electron chi connectivity index (χ4n) is 2.05. The van der Waals surface area contributed by atoms with Crippen LogP contribution >= 0.6 is 12.6 Å². The highest BCUT2D eigenvalue weighted by Crippen LogP contribution is 2.14. The Hall–Kier alpha value is -0.960. The lowest BCUT2D eigenvalue weighted by atomic mass is 9.95. The number of hydrogen-bond donors (Lipinski definition) is 2. The highest BCUT2D eigenvalue weighted by Gasteiger charge is 2.16. The molecule has 1 N–H and O–H groups in total. The molecule has 2 nitrogen and oxygen atoms in total. The maximum Gasteiger partial charge on any atom is 0.251 e. The first kappa shape index (κ1) is 14.1. The van der Waals surface area contributed by atoms with E-state index in [-0.39, 0.29) is 11.9 Å². The molecule has 0 aromatic heterocycles. The molecule has 1 atom stereocenters. The number of benzene rings is 1. The molecule has 1 aromatic rings. The van der Waals surface area contributed by atoms with Crippen molar-refractivity contribution in [2.75, 3.05) is 0 Å². The van der Waals surface area contributed by atoms with Crippen molar-refractivity contribution in [2.45, 2.75) is 44.6 Å². The summed E-state index contributed by atoms with van der Waals surface area (Å²) in [5.41, 5.74) is 0.676.